The number of fused-ring (bicyclic) bond motifs is 1. The zero-order valence-electron chi connectivity index (χ0n) is 12.6. The number of para-hydroxylation sites is 1. The lowest BCUT2D eigenvalue weighted by Gasteiger charge is -2.39. The van der Waals surface area contributed by atoms with Crippen molar-refractivity contribution in [3.05, 3.63) is 29.8 Å². The lowest BCUT2D eigenvalue weighted by molar-refractivity contribution is 0.0883. The van der Waals surface area contributed by atoms with Crippen molar-refractivity contribution in [3.8, 4) is 5.75 Å². The van der Waals surface area contributed by atoms with Gasteiger partial charge in [-0.25, -0.2) is 0 Å². The summed E-state index contributed by atoms with van der Waals surface area (Å²) in [7, 11) is 0. The number of nitrogens with zero attached hydrogens (tertiary/aromatic N) is 1. The molecule has 2 aliphatic heterocycles. The standard InChI is InChI=1S/C17H26N2O/c1-12-7-13(2)9-19(8-12)10-14-11-20-16-6-4-3-5-15(16)17(14)18/h3-6,12-14,17H,7-11,18H2,1-2H3. The van der Waals surface area contributed by atoms with Crippen molar-refractivity contribution in [1.29, 1.82) is 0 Å². The van der Waals surface area contributed by atoms with Crippen LogP contribution in [0, 0.1) is 17.8 Å². The average Bonchev–Trinajstić information content (AvgIpc) is 2.41. The number of ether oxygens (including phenoxy) is 1. The molecule has 2 N–H and O–H groups in total. The third-order valence-electron chi connectivity index (χ3n) is 4.68. The zero-order chi connectivity index (χ0) is 14.1. The number of benzene rings is 1. The third-order valence-corrected chi connectivity index (χ3v) is 4.68. The molecule has 1 aromatic carbocycles. The van der Waals surface area contributed by atoms with Crippen LogP contribution in [0.5, 0.6) is 5.75 Å². The number of rotatable bonds is 2. The molecule has 4 atom stereocenters. The molecule has 0 amide bonds. The summed E-state index contributed by atoms with van der Waals surface area (Å²) in [5, 5.41) is 0. The predicted octanol–water partition coefficient (Wildman–Crippen LogP) is 2.67. The summed E-state index contributed by atoms with van der Waals surface area (Å²) >= 11 is 0. The topological polar surface area (TPSA) is 38.5 Å². The van der Waals surface area contributed by atoms with Crippen molar-refractivity contribution in [2.24, 2.45) is 23.5 Å². The second-order valence-electron chi connectivity index (χ2n) is 6.80. The van der Waals surface area contributed by atoms with Crippen LogP contribution in [0.25, 0.3) is 0 Å². The highest BCUT2D eigenvalue weighted by molar-refractivity contribution is 5.37. The van der Waals surface area contributed by atoms with E-state index in [-0.39, 0.29) is 6.04 Å². The van der Waals surface area contributed by atoms with Gasteiger partial charge < -0.3 is 15.4 Å². The van der Waals surface area contributed by atoms with Crippen LogP contribution >= 0.6 is 0 Å². The first-order chi connectivity index (χ1) is 9.63. The van der Waals surface area contributed by atoms with Crippen LogP contribution in [-0.4, -0.2) is 31.1 Å². The van der Waals surface area contributed by atoms with Crippen molar-refractivity contribution >= 4 is 0 Å². The molecule has 110 valence electrons. The van der Waals surface area contributed by atoms with Gasteiger partial charge in [-0.3, -0.25) is 0 Å². The van der Waals surface area contributed by atoms with E-state index in [1.807, 2.05) is 12.1 Å². The number of nitrogens with two attached hydrogens (primary N) is 1. The molecule has 0 spiro atoms. The average molecular weight is 274 g/mol. The molecular weight excluding hydrogens is 248 g/mol. The fourth-order valence-corrected chi connectivity index (χ4v) is 3.88. The summed E-state index contributed by atoms with van der Waals surface area (Å²) in [6.45, 7) is 8.93. The molecule has 0 aromatic heterocycles. The van der Waals surface area contributed by atoms with E-state index in [2.05, 4.69) is 30.9 Å². The fraction of sp³-hybridized carbons (Fsp3) is 0.647. The summed E-state index contributed by atoms with van der Waals surface area (Å²) in [4.78, 5) is 2.58. The molecule has 20 heavy (non-hydrogen) atoms. The second-order valence-corrected chi connectivity index (χ2v) is 6.80. The van der Waals surface area contributed by atoms with E-state index in [4.69, 9.17) is 10.5 Å². The number of hydrogen-bond acceptors (Lipinski definition) is 3. The molecule has 3 heteroatoms. The molecule has 0 bridgehead atoms. The molecule has 3 rings (SSSR count). The Labute approximate surface area is 122 Å². The van der Waals surface area contributed by atoms with Gasteiger partial charge in [0.1, 0.15) is 5.75 Å². The van der Waals surface area contributed by atoms with Crippen molar-refractivity contribution in [2.45, 2.75) is 26.3 Å². The van der Waals surface area contributed by atoms with E-state index in [9.17, 15) is 0 Å². The van der Waals surface area contributed by atoms with Gasteiger partial charge in [-0.1, -0.05) is 32.0 Å². The lowest BCUT2D eigenvalue weighted by atomic mass is 9.88. The molecule has 1 aromatic rings. The Hall–Kier alpha value is -1.06. The highest BCUT2D eigenvalue weighted by Crippen LogP contribution is 2.34. The van der Waals surface area contributed by atoms with Crippen LogP contribution in [0.15, 0.2) is 24.3 Å². The smallest absolute Gasteiger partial charge is 0.124 e. The molecule has 0 aliphatic carbocycles. The molecule has 0 saturated carbocycles. The molecule has 0 radical (unpaired) electrons. The summed E-state index contributed by atoms with van der Waals surface area (Å²) in [5.74, 6) is 2.97. The lowest BCUT2D eigenvalue weighted by Crippen LogP contribution is -2.45. The van der Waals surface area contributed by atoms with Crippen LogP contribution in [-0.2, 0) is 0 Å². The van der Waals surface area contributed by atoms with Crippen molar-refractivity contribution in [2.75, 3.05) is 26.2 Å². The first kappa shape index (κ1) is 13.9. The van der Waals surface area contributed by atoms with Gasteiger partial charge in [-0.2, -0.15) is 0 Å². The van der Waals surface area contributed by atoms with Gasteiger partial charge in [-0.05, 0) is 24.3 Å². The SMILES string of the molecule is CC1CC(C)CN(CC2COc3ccccc3C2N)C1. The molecule has 2 heterocycles. The molecule has 1 saturated heterocycles. The maximum Gasteiger partial charge on any atom is 0.124 e. The van der Waals surface area contributed by atoms with E-state index >= 15 is 0 Å². The van der Waals surface area contributed by atoms with Gasteiger partial charge in [0.25, 0.3) is 0 Å². The molecule has 2 aliphatic rings. The Morgan fingerprint density at radius 3 is 2.65 bits per heavy atom. The van der Waals surface area contributed by atoms with Crippen molar-refractivity contribution in [3.63, 3.8) is 0 Å². The first-order valence-electron chi connectivity index (χ1n) is 7.83. The summed E-state index contributed by atoms with van der Waals surface area (Å²) < 4.78 is 5.90. The van der Waals surface area contributed by atoms with Gasteiger partial charge in [-0.15, -0.1) is 0 Å². The van der Waals surface area contributed by atoms with Crippen LogP contribution in [0.2, 0.25) is 0 Å². The van der Waals surface area contributed by atoms with Gasteiger partial charge in [0.2, 0.25) is 0 Å². The van der Waals surface area contributed by atoms with E-state index in [1.54, 1.807) is 0 Å². The zero-order valence-corrected chi connectivity index (χ0v) is 12.6. The number of hydrogen-bond donors (Lipinski definition) is 1. The normalized spacial score (nSPS) is 34.4. The van der Waals surface area contributed by atoms with E-state index in [0.29, 0.717) is 5.92 Å². The van der Waals surface area contributed by atoms with Gasteiger partial charge in [0, 0.05) is 37.2 Å². The highest BCUT2D eigenvalue weighted by atomic mass is 16.5. The van der Waals surface area contributed by atoms with Crippen LogP contribution in [0.4, 0.5) is 0 Å². The fourth-order valence-electron chi connectivity index (χ4n) is 3.88. The first-order valence-corrected chi connectivity index (χ1v) is 7.83. The Balaban J connectivity index is 1.67. The predicted molar refractivity (Wildman–Crippen MR) is 81.7 cm³/mol. The minimum Gasteiger partial charge on any atom is -0.493 e. The Morgan fingerprint density at radius 2 is 1.90 bits per heavy atom. The Morgan fingerprint density at radius 1 is 1.20 bits per heavy atom. The van der Waals surface area contributed by atoms with Crippen LogP contribution < -0.4 is 10.5 Å². The maximum absolute atomic E-state index is 6.47. The quantitative estimate of drug-likeness (QED) is 0.901. The van der Waals surface area contributed by atoms with E-state index in [0.717, 1.165) is 30.7 Å². The molecule has 1 fully saturated rings. The van der Waals surface area contributed by atoms with Gasteiger partial charge in [0.05, 0.1) is 6.61 Å². The van der Waals surface area contributed by atoms with Crippen molar-refractivity contribution < 1.29 is 4.74 Å². The largest absolute Gasteiger partial charge is 0.493 e. The molecule has 4 unspecified atom stereocenters. The van der Waals surface area contributed by atoms with Gasteiger partial charge >= 0.3 is 0 Å². The van der Waals surface area contributed by atoms with Crippen molar-refractivity contribution in [1.82, 2.24) is 4.90 Å². The second kappa shape index (κ2) is 5.74. The van der Waals surface area contributed by atoms with Crippen LogP contribution in [0.3, 0.4) is 0 Å². The summed E-state index contributed by atoms with van der Waals surface area (Å²) in [5.41, 5.74) is 7.64. The molecule has 3 nitrogen and oxygen atoms in total. The Kier molecular flexibility index (Phi) is 3.99. The number of piperidine rings is 1. The number of likely N-dealkylation sites (tertiary alicyclic amines) is 1. The Bertz CT molecular complexity index is 452. The van der Waals surface area contributed by atoms with Crippen LogP contribution in [0.1, 0.15) is 31.9 Å². The monoisotopic (exact) mass is 274 g/mol. The third kappa shape index (κ3) is 2.84. The van der Waals surface area contributed by atoms with E-state index < -0.39 is 0 Å². The summed E-state index contributed by atoms with van der Waals surface area (Å²) in [6, 6.07) is 8.30. The van der Waals surface area contributed by atoms with E-state index in [1.165, 1.54) is 25.1 Å². The van der Waals surface area contributed by atoms with Gasteiger partial charge in [0.15, 0.2) is 0 Å². The minimum absolute atomic E-state index is 0.104. The minimum atomic E-state index is 0.104. The maximum atomic E-state index is 6.47. The highest BCUT2D eigenvalue weighted by Gasteiger charge is 2.31. The summed E-state index contributed by atoms with van der Waals surface area (Å²) in [6.07, 6.45) is 1.35. The molecular formula is C17H26N2O.